The Labute approximate surface area is 184 Å². The first kappa shape index (κ1) is 20.3. The van der Waals surface area contributed by atoms with Gasteiger partial charge in [0.2, 0.25) is 0 Å². The van der Waals surface area contributed by atoms with Gasteiger partial charge in [0.15, 0.2) is 0 Å². The van der Waals surface area contributed by atoms with E-state index in [1.165, 1.54) is 28.0 Å². The molecule has 4 aromatic rings. The molecule has 0 fully saturated rings. The van der Waals surface area contributed by atoms with Crippen LogP contribution in [0.15, 0.2) is 109 Å². The summed E-state index contributed by atoms with van der Waals surface area (Å²) in [6, 6.07) is 36.2. The molecule has 0 aliphatic carbocycles. The molecule has 0 aromatic heterocycles. The van der Waals surface area contributed by atoms with Gasteiger partial charge in [-0.05, 0) is 0 Å². The molecule has 4 aromatic carbocycles. The van der Waals surface area contributed by atoms with Crippen molar-refractivity contribution in [3.05, 3.63) is 126 Å². The fraction of sp³-hybridized carbons (Fsp3) is 0.0400. The van der Waals surface area contributed by atoms with Crippen molar-refractivity contribution in [2.75, 3.05) is 0 Å². The van der Waals surface area contributed by atoms with Crippen LogP contribution in [0.4, 0.5) is 4.39 Å². The molecule has 0 N–H and O–H groups in total. The van der Waals surface area contributed by atoms with E-state index in [1.807, 2.05) is 18.2 Å². The van der Waals surface area contributed by atoms with Crippen LogP contribution >= 0.6 is 32.4 Å². The first-order chi connectivity index (χ1) is 14.0. The van der Waals surface area contributed by atoms with Gasteiger partial charge in [-0.1, -0.05) is 0 Å². The normalized spacial score (nSPS) is 12.9. The monoisotopic (exact) mass is 484 g/mol. The molecule has 0 heterocycles. The van der Waals surface area contributed by atoms with Gasteiger partial charge in [-0.15, -0.1) is 0 Å². The third kappa shape index (κ3) is 3.55. The summed E-state index contributed by atoms with van der Waals surface area (Å²) in [6.45, 7) is 0. The summed E-state index contributed by atoms with van der Waals surface area (Å²) in [4.78, 5) is 0. The van der Waals surface area contributed by atoms with Gasteiger partial charge in [0.25, 0.3) is 0 Å². The minimum atomic E-state index is -3.13. The van der Waals surface area contributed by atoms with Crippen LogP contribution < -0.4 is 15.9 Å². The maximum atomic E-state index is 13.8. The van der Waals surface area contributed by atoms with Gasteiger partial charge in [0.1, 0.15) is 0 Å². The summed E-state index contributed by atoms with van der Waals surface area (Å²) >= 11 is 10.9. The molecule has 29 heavy (non-hydrogen) atoms. The number of benzene rings is 4. The molecule has 0 amide bonds. The second-order valence-electron chi connectivity index (χ2n) is 7.08. The van der Waals surface area contributed by atoms with Crippen LogP contribution in [0.2, 0.25) is 5.02 Å². The molecule has 0 atom stereocenters. The van der Waals surface area contributed by atoms with Gasteiger partial charge in [-0.2, -0.15) is 0 Å². The van der Waals surface area contributed by atoms with Crippen molar-refractivity contribution in [2.24, 2.45) is 0 Å². The van der Waals surface area contributed by atoms with Crippen LogP contribution in [-0.2, 0) is 6.16 Å². The first-order valence-corrected chi connectivity index (χ1v) is 14.2. The summed E-state index contributed by atoms with van der Waals surface area (Å²) in [5, 5.41) is 0.935. The summed E-state index contributed by atoms with van der Waals surface area (Å²) in [5.74, 6) is -0.326. The van der Waals surface area contributed by atoms with E-state index >= 15 is 0 Å². The molecule has 0 unspecified atom stereocenters. The predicted molar refractivity (Wildman–Crippen MR) is 129 cm³/mol. The van der Waals surface area contributed by atoms with Crippen molar-refractivity contribution >= 4 is 48.3 Å². The average Bonchev–Trinajstić information content (AvgIpc) is 2.78. The Kier molecular flexibility index (Phi) is 5.62. The zero-order valence-corrected chi connectivity index (χ0v) is 18.9. The Bertz CT molecular complexity index is 1020. The predicted octanol–water partition coefficient (Wildman–Crippen LogP) is 6.82. The third-order valence-electron chi connectivity index (χ3n) is 5.37. The Hall–Kier alpha value is -1.99. The van der Waals surface area contributed by atoms with E-state index in [0.29, 0.717) is 11.2 Å². The Balaban J connectivity index is 2.09. The molecular formula is C25H20BrClFP. The summed E-state index contributed by atoms with van der Waals surface area (Å²) in [5.41, 5.74) is 0.916. The summed E-state index contributed by atoms with van der Waals surface area (Å²) in [6.07, 6.45) is 0.642. The number of rotatable bonds is 5. The molecular weight excluding hydrogens is 466 g/mol. The second-order valence-corrected chi connectivity index (χ2v) is 16.4. The van der Waals surface area contributed by atoms with E-state index in [9.17, 15) is 4.39 Å². The zero-order valence-electron chi connectivity index (χ0n) is 15.7. The van der Waals surface area contributed by atoms with Crippen LogP contribution in [0.1, 0.15) is 5.56 Å². The fourth-order valence-corrected chi connectivity index (χ4v) is 11.9. The Morgan fingerprint density at radius 1 is 0.655 bits per heavy atom. The molecule has 0 saturated heterocycles. The van der Waals surface area contributed by atoms with Crippen molar-refractivity contribution < 1.29 is 4.39 Å². The van der Waals surface area contributed by atoms with Gasteiger partial charge in [-0.25, -0.2) is 0 Å². The van der Waals surface area contributed by atoms with Crippen LogP contribution in [-0.4, -0.2) is 0 Å². The standard InChI is InChI=1S/C25H20BrClFP/c26-29(22-10-4-1-5-11-22,23-12-6-2-7-13-23,24-14-8-3-9-15-24)19-20-16-17-21(28)18-25(20)27/h1-18H,19H2. The molecule has 0 aliphatic rings. The maximum absolute atomic E-state index is 13.8. The molecule has 4 heteroatoms. The molecule has 0 saturated carbocycles. The van der Waals surface area contributed by atoms with Crippen molar-refractivity contribution in [1.82, 2.24) is 0 Å². The van der Waals surface area contributed by atoms with Crippen LogP contribution in [0, 0.1) is 5.82 Å². The fourth-order valence-electron chi connectivity index (χ4n) is 3.91. The van der Waals surface area contributed by atoms with E-state index in [4.69, 9.17) is 11.6 Å². The van der Waals surface area contributed by atoms with Crippen molar-refractivity contribution in [3.8, 4) is 0 Å². The zero-order chi connectivity index (χ0) is 20.3. The van der Waals surface area contributed by atoms with E-state index < -0.39 is 5.31 Å². The van der Waals surface area contributed by atoms with E-state index in [2.05, 4.69) is 88.3 Å². The van der Waals surface area contributed by atoms with E-state index in [0.717, 1.165) is 5.56 Å². The van der Waals surface area contributed by atoms with Gasteiger partial charge < -0.3 is 0 Å². The van der Waals surface area contributed by atoms with Crippen molar-refractivity contribution in [1.29, 1.82) is 0 Å². The second kappa shape index (κ2) is 8.03. The molecule has 0 aliphatic heterocycles. The van der Waals surface area contributed by atoms with Crippen molar-refractivity contribution in [3.63, 3.8) is 0 Å². The molecule has 0 bridgehead atoms. The van der Waals surface area contributed by atoms with Gasteiger partial charge >= 0.3 is 184 Å². The minimum absolute atomic E-state index is 0.326. The topological polar surface area (TPSA) is 0 Å². The van der Waals surface area contributed by atoms with Gasteiger partial charge in [0, 0.05) is 0 Å². The molecule has 0 nitrogen and oxygen atoms in total. The SMILES string of the molecule is Fc1ccc(CP(Br)(c2ccccc2)(c2ccccc2)c2ccccc2)c(Cl)c1. The average molecular weight is 486 g/mol. The number of hydrogen-bond acceptors (Lipinski definition) is 0. The third-order valence-corrected chi connectivity index (χ3v) is 15.2. The Morgan fingerprint density at radius 2 is 1.07 bits per heavy atom. The van der Waals surface area contributed by atoms with Crippen LogP contribution in [0.25, 0.3) is 0 Å². The van der Waals surface area contributed by atoms with E-state index in [-0.39, 0.29) is 5.82 Å². The van der Waals surface area contributed by atoms with Crippen molar-refractivity contribution in [2.45, 2.75) is 6.16 Å². The first-order valence-electron chi connectivity index (χ1n) is 9.36. The summed E-state index contributed by atoms with van der Waals surface area (Å²) < 4.78 is 13.8. The molecule has 4 rings (SSSR count). The van der Waals surface area contributed by atoms with Crippen LogP contribution in [0.3, 0.4) is 0 Å². The quantitative estimate of drug-likeness (QED) is 0.272. The molecule has 146 valence electrons. The van der Waals surface area contributed by atoms with Crippen LogP contribution in [0.5, 0.6) is 0 Å². The van der Waals surface area contributed by atoms with Gasteiger partial charge in [0.05, 0.1) is 0 Å². The van der Waals surface area contributed by atoms with E-state index in [1.54, 1.807) is 6.07 Å². The number of hydrogen-bond donors (Lipinski definition) is 0. The Morgan fingerprint density at radius 3 is 1.45 bits per heavy atom. The van der Waals surface area contributed by atoms with Gasteiger partial charge in [-0.3, -0.25) is 0 Å². The molecule has 0 spiro atoms. The number of halogens is 3. The molecule has 0 radical (unpaired) electrons. The summed E-state index contributed by atoms with van der Waals surface area (Å²) in [7, 11) is 0.